The second kappa shape index (κ2) is 3.55. The Morgan fingerprint density at radius 1 is 1.21 bits per heavy atom. The predicted molar refractivity (Wildman–Crippen MR) is 37.9 cm³/mol. The molecule has 0 saturated heterocycles. The highest BCUT2D eigenvalue weighted by Crippen LogP contribution is 2.38. The Balaban J connectivity index is 2.53. The number of aromatic nitrogens is 2. The number of halogens is 5. The summed E-state index contributed by atoms with van der Waals surface area (Å²) >= 11 is 0. The number of hydrogen-bond donors (Lipinski definition) is 1. The standard InChI is InChI=1S/C7H7F5N2/c8-6(9,7(10,11)12)2-1-5-13-3-4-14-5/h3-4H,1-2H2,(H,13,14). The third-order valence-electron chi connectivity index (χ3n) is 1.65. The van der Waals surface area contributed by atoms with E-state index in [1.807, 2.05) is 0 Å². The molecule has 1 heterocycles. The van der Waals surface area contributed by atoms with E-state index >= 15 is 0 Å². The lowest BCUT2D eigenvalue weighted by atomic mass is 10.2. The van der Waals surface area contributed by atoms with E-state index < -0.39 is 24.9 Å². The highest BCUT2D eigenvalue weighted by Gasteiger charge is 2.56. The Bertz CT molecular complexity index is 277. The Hall–Kier alpha value is -1.14. The number of alkyl halides is 5. The highest BCUT2D eigenvalue weighted by atomic mass is 19.4. The number of imidazole rings is 1. The fraction of sp³-hybridized carbons (Fsp3) is 0.571. The van der Waals surface area contributed by atoms with E-state index in [1.54, 1.807) is 0 Å². The van der Waals surface area contributed by atoms with Crippen LogP contribution in [0.2, 0.25) is 0 Å². The molecule has 0 amide bonds. The molecule has 0 spiro atoms. The molecule has 0 aliphatic carbocycles. The first kappa shape index (κ1) is 10.9. The van der Waals surface area contributed by atoms with Gasteiger partial charge in [-0.2, -0.15) is 22.0 Å². The van der Waals surface area contributed by atoms with Gasteiger partial charge in [-0.3, -0.25) is 0 Å². The summed E-state index contributed by atoms with van der Waals surface area (Å²) in [5.41, 5.74) is 0. The first-order valence-electron chi connectivity index (χ1n) is 3.76. The van der Waals surface area contributed by atoms with Crippen LogP contribution in [0.1, 0.15) is 12.2 Å². The number of nitrogens with one attached hydrogen (secondary N) is 1. The minimum absolute atomic E-state index is 0.119. The van der Waals surface area contributed by atoms with Crippen molar-refractivity contribution in [3.63, 3.8) is 0 Å². The summed E-state index contributed by atoms with van der Waals surface area (Å²) < 4.78 is 59.8. The van der Waals surface area contributed by atoms with Gasteiger partial charge < -0.3 is 4.98 Å². The van der Waals surface area contributed by atoms with E-state index in [0.29, 0.717) is 0 Å². The molecule has 0 aliphatic rings. The molecule has 80 valence electrons. The second-order valence-electron chi connectivity index (χ2n) is 2.74. The Morgan fingerprint density at radius 2 is 1.86 bits per heavy atom. The summed E-state index contributed by atoms with van der Waals surface area (Å²) in [6, 6.07) is 0. The minimum atomic E-state index is -5.49. The van der Waals surface area contributed by atoms with Crippen LogP contribution in [0, 0.1) is 0 Å². The third-order valence-corrected chi connectivity index (χ3v) is 1.65. The van der Waals surface area contributed by atoms with Gasteiger partial charge in [-0.15, -0.1) is 0 Å². The van der Waals surface area contributed by atoms with Crippen LogP contribution < -0.4 is 0 Å². The molecule has 0 saturated carbocycles. The average Bonchev–Trinajstić information content (AvgIpc) is 2.50. The van der Waals surface area contributed by atoms with E-state index in [9.17, 15) is 22.0 Å². The van der Waals surface area contributed by atoms with E-state index in [4.69, 9.17) is 0 Å². The normalized spacial score (nSPS) is 13.2. The molecule has 0 radical (unpaired) electrons. The van der Waals surface area contributed by atoms with Crippen molar-refractivity contribution in [3.8, 4) is 0 Å². The topological polar surface area (TPSA) is 28.7 Å². The maximum atomic E-state index is 12.4. The van der Waals surface area contributed by atoms with Gasteiger partial charge in [0, 0.05) is 25.2 Å². The molecule has 7 heteroatoms. The van der Waals surface area contributed by atoms with Gasteiger partial charge in [0.2, 0.25) is 0 Å². The molecule has 14 heavy (non-hydrogen) atoms. The van der Waals surface area contributed by atoms with Crippen molar-refractivity contribution in [2.75, 3.05) is 0 Å². The van der Waals surface area contributed by atoms with Gasteiger partial charge in [-0.25, -0.2) is 4.98 Å². The first-order chi connectivity index (χ1) is 6.33. The van der Waals surface area contributed by atoms with Crippen molar-refractivity contribution < 1.29 is 22.0 Å². The van der Waals surface area contributed by atoms with Gasteiger partial charge in [-0.1, -0.05) is 0 Å². The number of H-pyrrole nitrogens is 1. The molecule has 1 rings (SSSR count). The van der Waals surface area contributed by atoms with Crippen LogP contribution in [0.4, 0.5) is 22.0 Å². The molecule has 1 N–H and O–H groups in total. The molecule has 1 aromatic rings. The molecule has 0 unspecified atom stereocenters. The predicted octanol–water partition coefficient (Wildman–Crippen LogP) is 2.54. The van der Waals surface area contributed by atoms with Crippen molar-refractivity contribution >= 4 is 0 Å². The summed E-state index contributed by atoms with van der Waals surface area (Å²) in [5, 5.41) is 0. The smallest absolute Gasteiger partial charge is 0.349 e. The molecular weight excluding hydrogens is 207 g/mol. The van der Waals surface area contributed by atoms with E-state index in [-0.39, 0.29) is 5.82 Å². The second-order valence-corrected chi connectivity index (χ2v) is 2.74. The molecule has 0 fully saturated rings. The Labute approximate surface area is 76.1 Å². The Kier molecular flexibility index (Phi) is 2.77. The molecule has 0 aromatic carbocycles. The van der Waals surface area contributed by atoms with Crippen molar-refractivity contribution in [1.82, 2.24) is 9.97 Å². The van der Waals surface area contributed by atoms with Crippen LogP contribution in [0.15, 0.2) is 12.4 Å². The van der Waals surface area contributed by atoms with Crippen molar-refractivity contribution in [2.45, 2.75) is 24.9 Å². The van der Waals surface area contributed by atoms with Gasteiger partial charge in [0.05, 0.1) is 0 Å². The van der Waals surface area contributed by atoms with Crippen LogP contribution in [-0.2, 0) is 6.42 Å². The van der Waals surface area contributed by atoms with Gasteiger partial charge in [0.15, 0.2) is 0 Å². The van der Waals surface area contributed by atoms with Crippen LogP contribution in [0.25, 0.3) is 0 Å². The summed E-state index contributed by atoms with van der Waals surface area (Å²) in [6.45, 7) is 0. The van der Waals surface area contributed by atoms with Crippen molar-refractivity contribution in [2.24, 2.45) is 0 Å². The first-order valence-corrected chi connectivity index (χ1v) is 3.76. The summed E-state index contributed by atoms with van der Waals surface area (Å²) in [7, 11) is 0. The monoisotopic (exact) mass is 214 g/mol. The number of nitrogens with zero attached hydrogens (tertiary/aromatic N) is 1. The van der Waals surface area contributed by atoms with Crippen LogP contribution in [0.3, 0.4) is 0 Å². The van der Waals surface area contributed by atoms with Crippen molar-refractivity contribution in [1.29, 1.82) is 0 Å². The zero-order valence-corrected chi connectivity index (χ0v) is 6.91. The fourth-order valence-corrected chi connectivity index (χ4v) is 0.852. The van der Waals surface area contributed by atoms with Crippen LogP contribution >= 0.6 is 0 Å². The average molecular weight is 214 g/mol. The van der Waals surface area contributed by atoms with Gasteiger partial charge in [0.1, 0.15) is 5.82 Å². The highest BCUT2D eigenvalue weighted by molar-refractivity contribution is 4.89. The lowest BCUT2D eigenvalue weighted by Gasteiger charge is -2.18. The maximum Gasteiger partial charge on any atom is 0.453 e. The third kappa shape index (κ3) is 2.43. The number of aromatic amines is 1. The summed E-state index contributed by atoms with van der Waals surface area (Å²) in [5.74, 6) is -4.53. The summed E-state index contributed by atoms with van der Waals surface area (Å²) in [6.07, 6.45) is -4.55. The SMILES string of the molecule is FC(F)(F)C(F)(F)CCc1ncc[nH]1. The van der Waals surface area contributed by atoms with Gasteiger partial charge in [-0.05, 0) is 0 Å². The van der Waals surface area contributed by atoms with Crippen LogP contribution in [0.5, 0.6) is 0 Å². The van der Waals surface area contributed by atoms with E-state index in [0.717, 1.165) is 0 Å². The van der Waals surface area contributed by atoms with E-state index in [2.05, 4.69) is 9.97 Å². The maximum absolute atomic E-state index is 12.4. The summed E-state index contributed by atoms with van der Waals surface area (Å²) in [4.78, 5) is 5.99. The number of hydrogen-bond acceptors (Lipinski definition) is 1. The Morgan fingerprint density at radius 3 is 2.29 bits per heavy atom. The zero-order valence-electron chi connectivity index (χ0n) is 6.91. The molecule has 0 aliphatic heterocycles. The fourth-order valence-electron chi connectivity index (χ4n) is 0.852. The molecule has 0 atom stereocenters. The molecule has 0 bridgehead atoms. The minimum Gasteiger partial charge on any atom is -0.349 e. The zero-order chi connectivity index (χ0) is 10.8. The quantitative estimate of drug-likeness (QED) is 0.769. The largest absolute Gasteiger partial charge is 0.453 e. The molecule has 2 nitrogen and oxygen atoms in total. The lowest BCUT2D eigenvalue weighted by Crippen LogP contribution is -2.36. The van der Waals surface area contributed by atoms with Crippen molar-refractivity contribution in [3.05, 3.63) is 18.2 Å². The van der Waals surface area contributed by atoms with Gasteiger partial charge >= 0.3 is 12.1 Å². The number of aryl methyl sites for hydroxylation is 1. The van der Waals surface area contributed by atoms with Crippen LogP contribution in [-0.4, -0.2) is 22.1 Å². The molecule has 1 aromatic heterocycles. The molecular formula is C7H7F5N2. The lowest BCUT2D eigenvalue weighted by molar-refractivity contribution is -0.284. The van der Waals surface area contributed by atoms with E-state index in [1.165, 1.54) is 12.4 Å². The van der Waals surface area contributed by atoms with Gasteiger partial charge in [0.25, 0.3) is 0 Å². The number of rotatable bonds is 3.